The first-order valence-electron chi connectivity index (χ1n) is 7.35. The molecule has 0 heterocycles. The van der Waals surface area contributed by atoms with Gasteiger partial charge in [-0.1, -0.05) is 26.2 Å². The molecule has 8 nitrogen and oxygen atoms in total. The zero-order chi connectivity index (χ0) is 17.0. The highest BCUT2D eigenvalue weighted by atomic mass is 16.5. The van der Waals surface area contributed by atoms with Gasteiger partial charge in [-0.3, -0.25) is 16.1 Å². The van der Waals surface area contributed by atoms with E-state index in [2.05, 4.69) is 12.2 Å². The Labute approximate surface area is 131 Å². The largest absolute Gasteiger partial charge is 0.460 e. The minimum absolute atomic E-state index is 0.0658. The number of rotatable bonds is 9. The smallest absolute Gasteiger partial charge is 0.335 e. The van der Waals surface area contributed by atoms with Gasteiger partial charge in [0.15, 0.2) is 5.96 Å². The number of hydrogen-bond donors (Lipinski definition) is 5. The van der Waals surface area contributed by atoms with E-state index < -0.39 is 5.97 Å². The average Bonchev–Trinajstić information content (AvgIpc) is 2.46. The number of nitrogens with two attached hydrogens (primary N) is 1. The van der Waals surface area contributed by atoms with Gasteiger partial charge < -0.3 is 20.5 Å². The van der Waals surface area contributed by atoms with Crippen LogP contribution in [0.2, 0.25) is 0 Å². The van der Waals surface area contributed by atoms with Crippen LogP contribution in [-0.4, -0.2) is 47.7 Å². The summed E-state index contributed by atoms with van der Waals surface area (Å²) >= 11 is 0. The summed E-state index contributed by atoms with van der Waals surface area (Å²) in [6.45, 7) is 3.91. The Bertz CT molecular complexity index is 409. The Morgan fingerprint density at radius 3 is 2.59 bits per heavy atom. The van der Waals surface area contributed by atoms with Gasteiger partial charge in [0.25, 0.3) is 0 Å². The fourth-order valence-corrected chi connectivity index (χ4v) is 1.69. The second kappa shape index (κ2) is 11.6. The van der Waals surface area contributed by atoms with Crippen LogP contribution in [0.15, 0.2) is 11.8 Å². The van der Waals surface area contributed by atoms with Gasteiger partial charge >= 0.3 is 5.97 Å². The van der Waals surface area contributed by atoms with Crippen molar-refractivity contribution in [2.45, 2.75) is 39.5 Å². The number of ether oxygens (including phenoxy) is 1. The van der Waals surface area contributed by atoms with Crippen LogP contribution < -0.4 is 11.1 Å². The van der Waals surface area contributed by atoms with Crippen LogP contribution in [0.25, 0.3) is 0 Å². The lowest BCUT2D eigenvalue weighted by molar-refractivity contribution is -0.140. The van der Waals surface area contributed by atoms with Crippen molar-refractivity contribution >= 4 is 17.9 Å². The Balaban J connectivity index is 4.77. The number of carbonyl (C=O) groups excluding carboxylic acids is 1. The molecule has 0 radical (unpaired) electrons. The fraction of sp³-hybridized carbons (Fsp3) is 0.643. The minimum Gasteiger partial charge on any atom is -0.460 e. The highest BCUT2D eigenvalue weighted by Gasteiger charge is 2.12. The maximum Gasteiger partial charge on any atom is 0.335 e. The molecule has 0 aromatic rings. The minimum atomic E-state index is -0.553. The summed E-state index contributed by atoms with van der Waals surface area (Å²) < 4.78 is 4.82. The summed E-state index contributed by atoms with van der Waals surface area (Å²) in [5, 5.41) is 26.1. The van der Waals surface area contributed by atoms with Crippen molar-refractivity contribution < 1.29 is 14.6 Å². The lowest BCUT2D eigenvalue weighted by Crippen LogP contribution is -2.44. The number of aliphatic hydroxyl groups is 1. The van der Waals surface area contributed by atoms with E-state index >= 15 is 0 Å². The zero-order valence-corrected chi connectivity index (χ0v) is 13.3. The topological polar surface area (TPSA) is 136 Å². The number of aliphatic hydroxyl groups excluding tert-OH is 1. The standard InChI is InChI=1S/C14H27N5O3/c1-3-4-5-6-7-19(14(17)18-13(15)16)10-11(2)12(21)22-9-8-20/h10,20H,3-9H2,1-2H3,(H5,15,16,17,18). The van der Waals surface area contributed by atoms with Crippen LogP contribution in [0.3, 0.4) is 0 Å². The van der Waals surface area contributed by atoms with Crippen LogP contribution >= 0.6 is 0 Å². The van der Waals surface area contributed by atoms with Crippen molar-refractivity contribution in [2.75, 3.05) is 19.8 Å². The molecule has 0 saturated heterocycles. The van der Waals surface area contributed by atoms with Crippen molar-refractivity contribution in [3.05, 3.63) is 11.8 Å². The molecule has 0 rings (SSSR count). The lowest BCUT2D eigenvalue weighted by atomic mass is 10.2. The summed E-state index contributed by atoms with van der Waals surface area (Å²) in [5.41, 5.74) is 5.53. The Morgan fingerprint density at radius 2 is 2.05 bits per heavy atom. The van der Waals surface area contributed by atoms with Crippen molar-refractivity contribution in [1.29, 1.82) is 10.8 Å². The number of hydrogen-bond acceptors (Lipinski definition) is 5. The van der Waals surface area contributed by atoms with E-state index in [1.807, 2.05) is 0 Å². The molecular formula is C14H27N5O3. The quantitative estimate of drug-likeness (QED) is 0.140. The van der Waals surface area contributed by atoms with E-state index in [0.29, 0.717) is 12.1 Å². The highest BCUT2D eigenvalue weighted by Crippen LogP contribution is 2.05. The molecular weight excluding hydrogens is 286 g/mol. The molecule has 0 saturated carbocycles. The molecule has 6 N–H and O–H groups in total. The Hall–Kier alpha value is -2.09. The van der Waals surface area contributed by atoms with E-state index in [0.717, 1.165) is 25.7 Å². The Kier molecular flexibility index (Phi) is 10.5. The summed E-state index contributed by atoms with van der Waals surface area (Å²) in [7, 11) is 0. The van der Waals surface area contributed by atoms with Crippen LogP contribution in [0.1, 0.15) is 39.5 Å². The predicted octanol–water partition coefficient (Wildman–Crippen LogP) is 0.726. The lowest BCUT2D eigenvalue weighted by Gasteiger charge is -2.22. The molecule has 0 aliphatic heterocycles. The number of unbranched alkanes of at least 4 members (excludes halogenated alkanes) is 3. The molecule has 0 fully saturated rings. The monoisotopic (exact) mass is 313 g/mol. The molecule has 0 unspecified atom stereocenters. The van der Waals surface area contributed by atoms with Gasteiger partial charge in [-0.25, -0.2) is 4.79 Å². The zero-order valence-electron chi connectivity index (χ0n) is 13.3. The molecule has 0 atom stereocenters. The summed E-state index contributed by atoms with van der Waals surface area (Å²) in [6.07, 6.45) is 5.56. The van der Waals surface area contributed by atoms with Gasteiger partial charge in [0.2, 0.25) is 5.96 Å². The average molecular weight is 313 g/mol. The van der Waals surface area contributed by atoms with Crippen LogP contribution in [0.4, 0.5) is 0 Å². The van der Waals surface area contributed by atoms with Crippen molar-refractivity contribution in [3.63, 3.8) is 0 Å². The van der Waals surface area contributed by atoms with Gasteiger partial charge in [0.1, 0.15) is 6.61 Å². The van der Waals surface area contributed by atoms with E-state index in [1.165, 1.54) is 11.1 Å². The first-order valence-corrected chi connectivity index (χ1v) is 7.35. The molecule has 8 heteroatoms. The van der Waals surface area contributed by atoms with Gasteiger partial charge in [-0.15, -0.1) is 0 Å². The van der Waals surface area contributed by atoms with E-state index in [4.69, 9.17) is 26.4 Å². The third-order valence-electron chi connectivity index (χ3n) is 2.79. The Morgan fingerprint density at radius 1 is 1.36 bits per heavy atom. The number of nitrogens with zero attached hydrogens (tertiary/aromatic N) is 1. The third-order valence-corrected chi connectivity index (χ3v) is 2.79. The number of carbonyl (C=O) groups is 1. The predicted molar refractivity (Wildman–Crippen MR) is 85.4 cm³/mol. The van der Waals surface area contributed by atoms with Crippen molar-refractivity contribution in [2.24, 2.45) is 5.73 Å². The highest BCUT2D eigenvalue weighted by molar-refractivity contribution is 5.96. The van der Waals surface area contributed by atoms with Crippen molar-refractivity contribution in [1.82, 2.24) is 10.2 Å². The molecule has 0 aliphatic rings. The van der Waals surface area contributed by atoms with Gasteiger partial charge in [0.05, 0.1) is 12.2 Å². The molecule has 0 bridgehead atoms. The van der Waals surface area contributed by atoms with Crippen molar-refractivity contribution in [3.8, 4) is 0 Å². The third kappa shape index (κ3) is 8.96. The molecule has 0 spiro atoms. The van der Waals surface area contributed by atoms with Gasteiger partial charge in [-0.2, -0.15) is 0 Å². The molecule has 0 aromatic carbocycles. The second-order valence-corrected chi connectivity index (χ2v) is 4.81. The van der Waals surface area contributed by atoms with Gasteiger partial charge in [0, 0.05) is 12.7 Å². The number of esters is 1. The molecule has 0 aromatic heterocycles. The number of guanidine groups is 2. The first-order chi connectivity index (χ1) is 10.4. The van der Waals surface area contributed by atoms with Crippen LogP contribution in [-0.2, 0) is 9.53 Å². The van der Waals surface area contributed by atoms with E-state index in [1.54, 1.807) is 6.92 Å². The first kappa shape index (κ1) is 19.9. The van der Waals surface area contributed by atoms with E-state index in [9.17, 15) is 4.79 Å². The van der Waals surface area contributed by atoms with E-state index in [-0.39, 0.29) is 25.1 Å². The van der Waals surface area contributed by atoms with Crippen LogP contribution in [0.5, 0.6) is 0 Å². The number of nitrogens with one attached hydrogen (secondary N) is 3. The second-order valence-electron chi connectivity index (χ2n) is 4.81. The fourth-order valence-electron chi connectivity index (χ4n) is 1.69. The van der Waals surface area contributed by atoms with Crippen LogP contribution in [0, 0.1) is 10.8 Å². The molecule has 22 heavy (non-hydrogen) atoms. The molecule has 0 aliphatic carbocycles. The maximum atomic E-state index is 11.7. The summed E-state index contributed by atoms with van der Waals surface area (Å²) in [4.78, 5) is 13.2. The molecule has 126 valence electrons. The maximum absolute atomic E-state index is 11.7. The summed E-state index contributed by atoms with van der Waals surface area (Å²) in [6, 6.07) is 0. The van der Waals surface area contributed by atoms with Gasteiger partial charge in [-0.05, 0) is 13.3 Å². The normalized spacial score (nSPS) is 11.0. The summed E-state index contributed by atoms with van der Waals surface area (Å²) in [5.74, 6) is -0.959. The SMILES string of the molecule is CCCCCCN(C=C(C)C(=O)OCCO)C(=N)NC(=N)N. The molecule has 0 amide bonds.